The van der Waals surface area contributed by atoms with Gasteiger partial charge in [0.25, 0.3) is 0 Å². The van der Waals surface area contributed by atoms with Crippen molar-refractivity contribution < 1.29 is 0 Å². The molecule has 0 atom stereocenters. The molecule has 0 saturated heterocycles. The van der Waals surface area contributed by atoms with Crippen molar-refractivity contribution in [2.45, 2.75) is 6.67 Å². The van der Waals surface area contributed by atoms with Gasteiger partial charge in [0.15, 0.2) is 0 Å². The highest BCUT2D eigenvalue weighted by molar-refractivity contribution is 5.43. The molecule has 5 heterocycles. The Morgan fingerprint density at radius 3 is 1.35 bits per heavy atom. The van der Waals surface area contributed by atoms with Crippen LogP contribution in [0.2, 0.25) is 0 Å². The second kappa shape index (κ2) is 4.93. The van der Waals surface area contributed by atoms with Crippen LogP contribution in [0.25, 0.3) is 23.3 Å². The molecule has 23 heavy (non-hydrogen) atoms. The largest absolute Gasteiger partial charge is 0.226 e. The number of nitrogens with zero attached hydrogens (tertiary/aromatic N) is 16. The lowest BCUT2D eigenvalue weighted by Crippen LogP contribution is -2.04. The summed E-state index contributed by atoms with van der Waals surface area (Å²) in [5, 5.41) is 43.7. The molecule has 0 unspecified atom stereocenters. The Hall–Kier alpha value is -3.72. The van der Waals surface area contributed by atoms with Crippen molar-refractivity contribution in [2.24, 2.45) is 14.1 Å². The molecule has 16 nitrogen and oxygen atoms in total. The fourth-order valence-electron chi connectivity index (χ4n) is 1.88. The molecule has 16 heteroatoms. The van der Waals surface area contributed by atoms with Crippen LogP contribution in [-0.2, 0) is 20.8 Å². The van der Waals surface area contributed by atoms with Crippen LogP contribution in [0.5, 0.6) is 0 Å². The minimum absolute atomic E-state index is 0.505. The molecule has 5 rings (SSSR count). The number of tetrazole rings is 4. The van der Waals surface area contributed by atoms with Gasteiger partial charge in [-0.2, -0.15) is 0 Å². The Labute approximate surface area is 126 Å². The summed E-state index contributed by atoms with van der Waals surface area (Å²) in [5.74, 6) is 2.33. The number of rotatable bonds is 1. The predicted octanol–water partition coefficient (Wildman–Crippen LogP) is -3.45. The summed E-state index contributed by atoms with van der Waals surface area (Å²) >= 11 is 0. The lowest BCUT2D eigenvalue weighted by Gasteiger charge is -1.93. The topological polar surface area (TPSA) is 174 Å². The van der Waals surface area contributed by atoms with Gasteiger partial charge in [0, 0.05) is 14.1 Å². The first-order chi connectivity index (χ1) is 11.2. The maximum atomic E-state index is 3.76. The molecule has 4 aromatic rings. The van der Waals surface area contributed by atoms with Crippen molar-refractivity contribution in [1.82, 2.24) is 80.8 Å². The first kappa shape index (κ1) is 13.0. The third-order valence-electron chi connectivity index (χ3n) is 2.97. The van der Waals surface area contributed by atoms with Crippen LogP contribution in [-0.4, -0.2) is 80.8 Å². The van der Waals surface area contributed by atoms with E-state index in [1.807, 2.05) is 0 Å². The van der Waals surface area contributed by atoms with E-state index in [1.165, 1.54) is 9.36 Å². The maximum Gasteiger partial charge on any atom is 0.223 e. The molecule has 0 fully saturated rings. The van der Waals surface area contributed by atoms with Crippen LogP contribution in [0.3, 0.4) is 0 Å². The van der Waals surface area contributed by atoms with E-state index in [4.69, 9.17) is 0 Å². The molecule has 0 amide bonds. The zero-order valence-corrected chi connectivity index (χ0v) is 11.9. The monoisotopic (exact) mass is 316 g/mol. The molecule has 4 aromatic heterocycles. The molecular formula is C7H8N16. The lowest BCUT2D eigenvalue weighted by atomic mass is 10.6. The standard InChI is InChI=1S/C4H6N8.C3H2N8/c1-11-3(5-7-9-11)4-6-8-10-12(4)2;1-10-2(4-6-8-10)3-5-7-9-11(1)3/h1-2H3;1H2. The number of aryl methyl sites for hydroxylation is 2. The van der Waals surface area contributed by atoms with Crippen molar-refractivity contribution in [3.63, 3.8) is 0 Å². The van der Waals surface area contributed by atoms with Crippen molar-refractivity contribution in [1.29, 1.82) is 0 Å². The molecule has 0 N–H and O–H groups in total. The Morgan fingerprint density at radius 2 is 0.957 bits per heavy atom. The number of fused-ring (bicyclic) bond motifs is 3. The summed E-state index contributed by atoms with van der Waals surface area (Å²) in [6, 6.07) is 0. The zero-order valence-electron chi connectivity index (χ0n) is 11.9. The molecule has 0 spiro atoms. The van der Waals surface area contributed by atoms with Crippen LogP contribution >= 0.6 is 0 Å². The van der Waals surface area contributed by atoms with Gasteiger partial charge in [0.2, 0.25) is 23.3 Å². The molecule has 116 valence electrons. The first-order valence-electron chi connectivity index (χ1n) is 6.22. The number of aromatic nitrogens is 16. The van der Waals surface area contributed by atoms with Gasteiger partial charge in [-0.1, -0.05) is 0 Å². The summed E-state index contributed by atoms with van der Waals surface area (Å²) in [5.41, 5.74) is 0. The van der Waals surface area contributed by atoms with Gasteiger partial charge in [-0.25, -0.2) is 18.7 Å². The minimum Gasteiger partial charge on any atom is -0.226 e. The van der Waals surface area contributed by atoms with Gasteiger partial charge in [-0.15, -0.1) is 20.4 Å². The van der Waals surface area contributed by atoms with Crippen LogP contribution in [0.15, 0.2) is 0 Å². The van der Waals surface area contributed by atoms with Gasteiger partial charge >= 0.3 is 0 Å². The van der Waals surface area contributed by atoms with Crippen LogP contribution in [0.1, 0.15) is 0 Å². The molecule has 0 radical (unpaired) electrons. The quantitative estimate of drug-likeness (QED) is 0.299. The summed E-state index contributed by atoms with van der Waals surface area (Å²) in [4.78, 5) is 0. The van der Waals surface area contributed by atoms with E-state index in [-0.39, 0.29) is 0 Å². The van der Waals surface area contributed by atoms with Crippen molar-refractivity contribution in [2.75, 3.05) is 0 Å². The van der Waals surface area contributed by atoms with Gasteiger partial charge < -0.3 is 0 Å². The molecule has 0 bridgehead atoms. The van der Waals surface area contributed by atoms with E-state index in [9.17, 15) is 0 Å². The Bertz CT molecular complexity index is 861. The average Bonchev–Trinajstić information content (AvgIpc) is 3.26. The smallest absolute Gasteiger partial charge is 0.223 e. The van der Waals surface area contributed by atoms with Gasteiger partial charge in [-0.3, -0.25) is 0 Å². The fraction of sp³-hybridized carbons (Fsp3) is 0.429. The van der Waals surface area contributed by atoms with E-state index in [0.717, 1.165) is 0 Å². The predicted molar refractivity (Wildman–Crippen MR) is 66.6 cm³/mol. The third kappa shape index (κ3) is 2.08. The average molecular weight is 316 g/mol. The van der Waals surface area contributed by atoms with Crippen molar-refractivity contribution in [3.05, 3.63) is 0 Å². The Balaban J connectivity index is 0.000000118. The fourth-order valence-corrected chi connectivity index (χ4v) is 1.88. The first-order valence-corrected chi connectivity index (χ1v) is 6.22. The van der Waals surface area contributed by atoms with Gasteiger partial charge in [0.05, 0.1) is 0 Å². The SMILES string of the molecule is C1n2nnnc2-c2nnnn21.Cn1nnnc1-c1nnnn1C. The van der Waals surface area contributed by atoms with E-state index < -0.39 is 0 Å². The highest BCUT2D eigenvalue weighted by Gasteiger charge is 2.23. The Kier molecular flexibility index (Phi) is 2.78. The molecular weight excluding hydrogens is 308 g/mol. The highest BCUT2D eigenvalue weighted by Crippen LogP contribution is 2.16. The van der Waals surface area contributed by atoms with E-state index in [0.29, 0.717) is 30.0 Å². The van der Waals surface area contributed by atoms with Crippen LogP contribution in [0, 0.1) is 0 Å². The number of hydrogen-bond donors (Lipinski definition) is 0. The second-order valence-electron chi connectivity index (χ2n) is 4.40. The van der Waals surface area contributed by atoms with E-state index in [2.05, 4.69) is 62.1 Å². The normalized spacial score (nSPS) is 11.7. The molecule has 1 aliphatic heterocycles. The number of hydrogen-bond acceptors (Lipinski definition) is 12. The van der Waals surface area contributed by atoms with Crippen molar-refractivity contribution in [3.8, 4) is 23.3 Å². The highest BCUT2D eigenvalue weighted by atomic mass is 15.7. The molecule has 0 saturated carbocycles. The van der Waals surface area contributed by atoms with E-state index in [1.54, 1.807) is 23.5 Å². The third-order valence-corrected chi connectivity index (χ3v) is 2.97. The van der Waals surface area contributed by atoms with Crippen molar-refractivity contribution >= 4 is 0 Å². The lowest BCUT2D eigenvalue weighted by molar-refractivity contribution is 0.514. The summed E-state index contributed by atoms with van der Waals surface area (Å²) < 4.78 is 6.23. The Morgan fingerprint density at radius 1 is 0.565 bits per heavy atom. The summed E-state index contributed by atoms with van der Waals surface area (Å²) in [7, 11) is 3.45. The maximum absolute atomic E-state index is 3.76. The minimum atomic E-state index is 0.505. The second-order valence-corrected chi connectivity index (χ2v) is 4.40. The van der Waals surface area contributed by atoms with Gasteiger partial charge in [0.1, 0.15) is 6.67 Å². The summed E-state index contributed by atoms with van der Waals surface area (Å²) in [6.07, 6.45) is 0. The van der Waals surface area contributed by atoms with Gasteiger partial charge in [-0.05, 0) is 41.7 Å². The molecule has 0 aromatic carbocycles. The van der Waals surface area contributed by atoms with Crippen LogP contribution < -0.4 is 0 Å². The van der Waals surface area contributed by atoms with E-state index >= 15 is 0 Å². The zero-order chi connectivity index (χ0) is 15.8. The summed E-state index contributed by atoms with van der Waals surface area (Å²) in [6.45, 7) is 0.505. The molecule has 0 aliphatic carbocycles. The van der Waals surface area contributed by atoms with Crippen LogP contribution in [0.4, 0.5) is 0 Å². The molecule has 1 aliphatic rings.